The summed E-state index contributed by atoms with van der Waals surface area (Å²) >= 11 is 0. The van der Waals surface area contributed by atoms with Crippen LogP contribution in [0.3, 0.4) is 0 Å². The average Bonchev–Trinajstić information content (AvgIpc) is 2.57. The summed E-state index contributed by atoms with van der Waals surface area (Å²) < 4.78 is 0. The van der Waals surface area contributed by atoms with Crippen LogP contribution in [0.5, 0.6) is 0 Å². The van der Waals surface area contributed by atoms with Crippen molar-refractivity contribution in [3.05, 3.63) is 12.2 Å². The van der Waals surface area contributed by atoms with Gasteiger partial charge in [-0.2, -0.15) is 0 Å². The van der Waals surface area contributed by atoms with Crippen molar-refractivity contribution in [2.45, 2.75) is 51.5 Å². The molecule has 0 aromatic heterocycles. The van der Waals surface area contributed by atoms with E-state index in [2.05, 4.69) is 25.5 Å². The van der Waals surface area contributed by atoms with Gasteiger partial charge in [0.25, 0.3) is 0 Å². The number of hydrogen-bond acceptors (Lipinski definition) is 3. The minimum absolute atomic E-state index is 0.0491. The van der Waals surface area contributed by atoms with Crippen LogP contribution in [0.25, 0.3) is 0 Å². The smallest absolute Gasteiger partial charge is 0.144 e. The molecule has 0 unspecified atom stereocenters. The molecular weight excluding hydrogens is 298 g/mol. The molecule has 6 saturated carbocycles. The number of carbonyl (C=O) groups is 2. The number of piperidine rings is 1. The van der Waals surface area contributed by atoms with E-state index in [-0.39, 0.29) is 34.0 Å². The first-order valence-electron chi connectivity index (χ1n) is 9.79. The maximum Gasteiger partial charge on any atom is 0.144 e. The summed E-state index contributed by atoms with van der Waals surface area (Å²) in [5.41, 5.74) is 1.09. The standard InChI is InChI=1S/C21H27NO2/c1-11-8-20-9-14(23)16-19(2)5-4-6-21(16)17(20)15(24)12(11)7-13(20)18(21)22(3)10-19/h12-13,16-18H,1,4-10H2,2-3H3/t12-,13-,16-,17-,18+,19+,20+,21+/m1/s1. The summed E-state index contributed by atoms with van der Waals surface area (Å²) in [6.07, 6.45) is 6.02. The summed E-state index contributed by atoms with van der Waals surface area (Å²) in [6.45, 7) is 7.64. The molecule has 6 bridgehead atoms. The Bertz CT molecular complexity index is 727. The molecule has 3 nitrogen and oxygen atoms in total. The quantitative estimate of drug-likeness (QED) is 0.643. The SMILES string of the molecule is C=C1C[C@]23CC(=O)[C@@H]4[C@@]5(C)CCC[C@]46[C@H]([C@H]2C[C@H]1C(=O)[C@H]36)N(C)C5. The molecule has 0 aromatic rings. The summed E-state index contributed by atoms with van der Waals surface area (Å²) in [7, 11) is 2.27. The van der Waals surface area contributed by atoms with Gasteiger partial charge in [-0.3, -0.25) is 9.59 Å². The van der Waals surface area contributed by atoms with Gasteiger partial charge in [0.1, 0.15) is 11.6 Å². The molecule has 0 amide bonds. The predicted octanol–water partition coefficient (Wildman–Crippen LogP) is 2.85. The number of nitrogens with zero attached hydrogens (tertiary/aromatic N) is 1. The highest BCUT2D eigenvalue weighted by Gasteiger charge is 2.83. The Kier molecular flexibility index (Phi) is 2.22. The number of rotatable bonds is 0. The third-order valence-corrected chi connectivity index (χ3v) is 9.45. The van der Waals surface area contributed by atoms with Gasteiger partial charge in [-0.1, -0.05) is 25.5 Å². The maximum absolute atomic E-state index is 13.5. The molecule has 7 aliphatic rings. The van der Waals surface area contributed by atoms with Gasteiger partial charge >= 0.3 is 0 Å². The molecule has 7 fully saturated rings. The third kappa shape index (κ3) is 1.14. The highest BCUT2D eigenvalue weighted by Crippen LogP contribution is 2.81. The monoisotopic (exact) mass is 325 g/mol. The Balaban J connectivity index is 1.68. The van der Waals surface area contributed by atoms with Crippen LogP contribution in [0.4, 0.5) is 0 Å². The molecule has 128 valence electrons. The van der Waals surface area contributed by atoms with Crippen molar-refractivity contribution in [2.24, 2.45) is 39.9 Å². The predicted molar refractivity (Wildman–Crippen MR) is 90.2 cm³/mol. The molecule has 2 spiro atoms. The number of allylic oxidation sites excluding steroid dienone is 1. The van der Waals surface area contributed by atoms with Crippen LogP contribution in [0.15, 0.2) is 12.2 Å². The van der Waals surface area contributed by atoms with E-state index in [9.17, 15) is 9.59 Å². The molecule has 7 rings (SSSR count). The van der Waals surface area contributed by atoms with Crippen LogP contribution in [0.1, 0.15) is 45.4 Å². The molecule has 0 N–H and O–H groups in total. The normalized spacial score (nSPS) is 60.8. The number of carbonyl (C=O) groups excluding carboxylic acids is 2. The molecule has 0 radical (unpaired) electrons. The zero-order valence-electron chi connectivity index (χ0n) is 14.8. The van der Waals surface area contributed by atoms with Crippen molar-refractivity contribution in [2.75, 3.05) is 13.6 Å². The van der Waals surface area contributed by atoms with E-state index in [1.165, 1.54) is 6.42 Å². The number of hydrogen-bond donors (Lipinski definition) is 0. The van der Waals surface area contributed by atoms with Crippen molar-refractivity contribution in [1.29, 1.82) is 0 Å². The number of Topliss-reactive ketones (excluding diaryl/α,β-unsaturated/α-hetero) is 2. The molecule has 3 heteroatoms. The van der Waals surface area contributed by atoms with Gasteiger partial charge in [0.05, 0.1) is 0 Å². The molecule has 8 atom stereocenters. The van der Waals surface area contributed by atoms with Crippen LogP contribution in [0, 0.1) is 39.9 Å². The second kappa shape index (κ2) is 3.75. The summed E-state index contributed by atoms with van der Waals surface area (Å²) in [5, 5.41) is 0. The second-order valence-electron chi connectivity index (χ2n) is 10.4. The van der Waals surface area contributed by atoms with E-state index in [0.717, 1.165) is 37.8 Å². The number of likely N-dealkylation sites (tertiary alicyclic amines) is 1. The van der Waals surface area contributed by atoms with E-state index < -0.39 is 0 Å². The molecule has 0 aromatic carbocycles. The van der Waals surface area contributed by atoms with Gasteiger partial charge in [0, 0.05) is 42.2 Å². The largest absolute Gasteiger partial charge is 0.302 e. The molecule has 6 aliphatic carbocycles. The molecule has 1 heterocycles. The van der Waals surface area contributed by atoms with Gasteiger partial charge in [0.15, 0.2) is 0 Å². The van der Waals surface area contributed by atoms with E-state index in [0.29, 0.717) is 29.9 Å². The first-order valence-corrected chi connectivity index (χ1v) is 9.79. The van der Waals surface area contributed by atoms with Crippen LogP contribution >= 0.6 is 0 Å². The second-order valence-corrected chi connectivity index (χ2v) is 10.4. The van der Waals surface area contributed by atoms with Gasteiger partial charge < -0.3 is 4.90 Å². The van der Waals surface area contributed by atoms with E-state index in [4.69, 9.17) is 0 Å². The first-order chi connectivity index (χ1) is 11.4. The van der Waals surface area contributed by atoms with Crippen LogP contribution in [0.2, 0.25) is 0 Å². The van der Waals surface area contributed by atoms with Crippen molar-refractivity contribution < 1.29 is 9.59 Å². The minimum atomic E-state index is -0.0714. The van der Waals surface area contributed by atoms with Gasteiger partial charge in [-0.05, 0) is 49.5 Å². The lowest BCUT2D eigenvalue weighted by molar-refractivity contribution is -0.186. The third-order valence-electron chi connectivity index (χ3n) is 9.45. The fraction of sp³-hybridized carbons (Fsp3) is 0.810. The van der Waals surface area contributed by atoms with Crippen molar-refractivity contribution in [3.8, 4) is 0 Å². The Morgan fingerprint density at radius 2 is 1.96 bits per heavy atom. The van der Waals surface area contributed by atoms with Gasteiger partial charge in [-0.25, -0.2) is 0 Å². The van der Waals surface area contributed by atoms with Gasteiger partial charge in [-0.15, -0.1) is 0 Å². The fourth-order valence-corrected chi connectivity index (χ4v) is 9.57. The summed E-state index contributed by atoms with van der Waals surface area (Å²) in [6, 6.07) is 0.453. The van der Waals surface area contributed by atoms with E-state index >= 15 is 0 Å². The highest BCUT2D eigenvalue weighted by molar-refractivity contribution is 5.97. The lowest BCUT2D eigenvalue weighted by Gasteiger charge is -2.65. The van der Waals surface area contributed by atoms with Gasteiger partial charge in [0.2, 0.25) is 0 Å². The zero-order chi connectivity index (χ0) is 16.6. The zero-order valence-corrected chi connectivity index (χ0v) is 14.8. The Morgan fingerprint density at radius 3 is 2.75 bits per heavy atom. The topological polar surface area (TPSA) is 37.4 Å². The summed E-state index contributed by atoms with van der Waals surface area (Å²) in [4.78, 5) is 29.5. The molecule has 1 saturated heterocycles. The maximum atomic E-state index is 13.5. The van der Waals surface area contributed by atoms with Crippen molar-refractivity contribution in [3.63, 3.8) is 0 Å². The highest BCUT2D eigenvalue weighted by atomic mass is 16.1. The number of fused-ring (bicyclic) bond motifs is 1. The first kappa shape index (κ1) is 14.2. The molecular formula is C21H27NO2. The van der Waals surface area contributed by atoms with Crippen molar-refractivity contribution >= 4 is 11.6 Å². The van der Waals surface area contributed by atoms with E-state index in [1.807, 2.05) is 0 Å². The lowest BCUT2D eigenvalue weighted by Crippen LogP contribution is -2.69. The average molecular weight is 325 g/mol. The Labute approximate surface area is 143 Å². The van der Waals surface area contributed by atoms with Crippen molar-refractivity contribution in [1.82, 2.24) is 4.90 Å². The lowest BCUT2D eigenvalue weighted by atomic mass is 9.39. The minimum Gasteiger partial charge on any atom is -0.302 e. The fourth-order valence-electron chi connectivity index (χ4n) is 9.57. The molecule has 1 aliphatic heterocycles. The van der Waals surface area contributed by atoms with E-state index in [1.54, 1.807) is 0 Å². The Morgan fingerprint density at radius 1 is 1.17 bits per heavy atom. The Hall–Kier alpha value is -0.960. The molecule has 24 heavy (non-hydrogen) atoms. The summed E-state index contributed by atoms with van der Waals surface area (Å²) in [5.74, 6) is 1.89. The van der Waals surface area contributed by atoms with Crippen LogP contribution < -0.4 is 0 Å². The number of ketones is 2. The van der Waals surface area contributed by atoms with Crippen LogP contribution in [-0.2, 0) is 9.59 Å². The van der Waals surface area contributed by atoms with Crippen LogP contribution in [-0.4, -0.2) is 36.1 Å².